The minimum atomic E-state index is -0.741. The van der Waals surface area contributed by atoms with E-state index in [0.29, 0.717) is 12.8 Å². The van der Waals surface area contributed by atoms with Crippen molar-refractivity contribution >= 4 is 23.2 Å². The highest BCUT2D eigenvalue weighted by atomic mass is 32.1. The molecule has 0 bridgehead atoms. The lowest BCUT2D eigenvalue weighted by atomic mass is 9.95. The van der Waals surface area contributed by atoms with Crippen LogP contribution in [0.15, 0.2) is 5.38 Å². The standard InChI is InChI=1S/C15H19NO3S/c17-14(16-10-6-5-9(7-10)15(18)19)12-8-20-13-4-2-1-3-11(12)13/h8-10H,1-7H2,(H,16,17)(H,18,19). The molecular weight excluding hydrogens is 274 g/mol. The van der Waals surface area contributed by atoms with E-state index in [1.807, 2.05) is 5.38 Å². The number of nitrogens with one attached hydrogen (secondary N) is 1. The molecule has 3 rings (SSSR count). The van der Waals surface area contributed by atoms with E-state index in [1.54, 1.807) is 11.3 Å². The average Bonchev–Trinajstić information content (AvgIpc) is 3.04. The summed E-state index contributed by atoms with van der Waals surface area (Å²) in [6.07, 6.45) is 6.48. The van der Waals surface area contributed by atoms with E-state index < -0.39 is 5.97 Å². The van der Waals surface area contributed by atoms with Gasteiger partial charge in [0.15, 0.2) is 0 Å². The summed E-state index contributed by atoms with van der Waals surface area (Å²) in [5.41, 5.74) is 2.05. The zero-order valence-corrected chi connectivity index (χ0v) is 12.2. The van der Waals surface area contributed by atoms with Crippen LogP contribution in [-0.2, 0) is 17.6 Å². The van der Waals surface area contributed by atoms with Gasteiger partial charge < -0.3 is 10.4 Å². The largest absolute Gasteiger partial charge is 0.481 e. The van der Waals surface area contributed by atoms with Gasteiger partial charge in [-0.2, -0.15) is 0 Å². The molecule has 1 amide bonds. The van der Waals surface area contributed by atoms with Crippen LogP contribution >= 0.6 is 11.3 Å². The molecule has 2 atom stereocenters. The second-order valence-corrected chi connectivity index (χ2v) is 6.74. The molecule has 2 aliphatic carbocycles. The first-order valence-electron chi connectivity index (χ1n) is 7.28. The van der Waals surface area contributed by atoms with Gasteiger partial charge in [-0.15, -0.1) is 11.3 Å². The van der Waals surface area contributed by atoms with Crippen molar-refractivity contribution in [2.45, 2.75) is 51.0 Å². The summed E-state index contributed by atoms with van der Waals surface area (Å²) in [7, 11) is 0. The number of aryl methyl sites for hydroxylation is 1. The van der Waals surface area contributed by atoms with E-state index in [0.717, 1.165) is 31.2 Å². The highest BCUT2D eigenvalue weighted by Gasteiger charge is 2.31. The SMILES string of the molecule is O=C(NC1CCC(C(=O)O)C1)c1csc2c1CCCC2. The Kier molecular flexibility index (Phi) is 3.78. The van der Waals surface area contributed by atoms with Crippen molar-refractivity contribution < 1.29 is 14.7 Å². The third kappa shape index (κ3) is 2.59. The van der Waals surface area contributed by atoms with Gasteiger partial charge in [0, 0.05) is 16.3 Å². The van der Waals surface area contributed by atoms with E-state index in [2.05, 4.69) is 5.32 Å². The lowest BCUT2D eigenvalue weighted by molar-refractivity contribution is -0.141. The minimum absolute atomic E-state index is 0.0135. The van der Waals surface area contributed by atoms with Gasteiger partial charge in [0.05, 0.1) is 11.5 Å². The number of rotatable bonds is 3. The number of carbonyl (C=O) groups excluding carboxylic acids is 1. The van der Waals surface area contributed by atoms with Crippen molar-refractivity contribution in [2.75, 3.05) is 0 Å². The molecule has 4 nitrogen and oxygen atoms in total. The Hall–Kier alpha value is -1.36. The molecule has 1 aromatic heterocycles. The maximum absolute atomic E-state index is 12.4. The third-order valence-corrected chi connectivity index (χ3v) is 5.51. The second kappa shape index (κ2) is 5.56. The molecule has 1 heterocycles. The molecule has 1 aromatic rings. The number of thiophene rings is 1. The maximum atomic E-state index is 12.4. The molecule has 0 radical (unpaired) electrons. The molecule has 2 aliphatic rings. The molecule has 5 heteroatoms. The minimum Gasteiger partial charge on any atom is -0.481 e. The van der Waals surface area contributed by atoms with Gasteiger partial charge in [0.1, 0.15) is 0 Å². The Balaban J connectivity index is 1.65. The summed E-state index contributed by atoms with van der Waals surface area (Å²) in [6, 6.07) is 0.0164. The van der Waals surface area contributed by atoms with Gasteiger partial charge in [-0.05, 0) is 50.5 Å². The molecule has 1 saturated carbocycles. The molecule has 0 spiro atoms. The summed E-state index contributed by atoms with van der Waals surface area (Å²) in [5.74, 6) is -1.05. The fourth-order valence-electron chi connectivity index (χ4n) is 3.28. The summed E-state index contributed by atoms with van der Waals surface area (Å²) >= 11 is 1.69. The molecular formula is C15H19NO3S. The Morgan fingerprint density at radius 3 is 2.80 bits per heavy atom. The number of hydrogen-bond donors (Lipinski definition) is 2. The molecule has 108 valence electrons. The zero-order chi connectivity index (χ0) is 14.1. The van der Waals surface area contributed by atoms with Crippen LogP contribution in [0.3, 0.4) is 0 Å². The number of carbonyl (C=O) groups is 2. The van der Waals surface area contributed by atoms with Crippen LogP contribution in [0.25, 0.3) is 0 Å². The summed E-state index contributed by atoms with van der Waals surface area (Å²) < 4.78 is 0. The number of carboxylic acid groups (broad SMARTS) is 1. The first kappa shape index (κ1) is 13.6. The van der Waals surface area contributed by atoms with E-state index in [9.17, 15) is 9.59 Å². The quantitative estimate of drug-likeness (QED) is 0.900. The lowest BCUT2D eigenvalue weighted by Crippen LogP contribution is -2.33. The fourth-order valence-corrected chi connectivity index (χ4v) is 4.41. The highest BCUT2D eigenvalue weighted by molar-refractivity contribution is 7.10. The van der Waals surface area contributed by atoms with Crippen LogP contribution < -0.4 is 5.32 Å². The summed E-state index contributed by atoms with van der Waals surface area (Å²) in [6.45, 7) is 0. The van der Waals surface area contributed by atoms with Crippen LogP contribution in [0.4, 0.5) is 0 Å². The lowest BCUT2D eigenvalue weighted by Gasteiger charge is -2.15. The molecule has 0 saturated heterocycles. The number of amides is 1. The number of aliphatic carboxylic acids is 1. The van der Waals surface area contributed by atoms with Crippen molar-refractivity contribution in [3.8, 4) is 0 Å². The Morgan fingerprint density at radius 1 is 1.25 bits per heavy atom. The topological polar surface area (TPSA) is 66.4 Å². The first-order valence-corrected chi connectivity index (χ1v) is 8.16. The van der Waals surface area contributed by atoms with Crippen molar-refractivity contribution in [1.29, 1.82) is 0 Å². The van der Waals surface area contributed by atoms with Crippen LogP contribution in [0, 0.1) is 5.92 Å². The van der Waals surface area contributed by atoms with Gasteiger partial charge in [-0.25, -0.2) is 0 Å². The number of fused-ring (bicyclic) bond motifs is 1. The molecule has 0 aliphatic heterocycles. The summed E-state index contributed by atoms with van der Waals surface area (Å²) in [5, 5.41) is 14.0. The normalized spacial score (nSPS) is 25.2. The van der Waals surface area contributed by atoms with Crippen LogP contribution in [0.5, 0.6) is 0 Å². The predicted octanol–water partition coefficient (Wildman–Crippen LogP) is 2.61. The van der Waals surface area contributed by atoms with Gasteiger partial charge in [0.25, 0.3) is 5.91 Å². The van der Waals surface area contributed by atoms with Gasteiger partial charge in [-0.3, -0.25) is 9.59 Å². The molecule has 2 N–H and O–H groups in total. The molecule has 20 heavy (non-hydrogen) atoms. The van der Waals surface area contributed by atoms with Gasteiger partial charge in [-0.1, -0.05) is 0 Å². The van der Waals surface area contributed by atoms with Crippen molar-refractivity contribution in [3.63, 3.8) is 0 Å². The van der Waals surface area contributed by atoms with Crippen molar-refractivity contribution in [2.24, 2.45) is 5.92 Å². The monoisotopic (exact) mass is 293 g/mol. The van der Waals surface area contributed by atoms with Gasteiger partial charge >= 0.3 is 5.97 Å². The van der Waals surface area contributed by atoms with Crippen molar-refractivity contribution in [3.05, 3.63) is 21.4 Å². The Labute approximate surface area is 122 Å². The van der Waals surface area contributed by atoms with Crippen LogP contribution in [-0.4, -0.2) is 23.0 Å². The molecule has 1 fully saturated rings. The second-order valence-electron chi connectivity index (χ2n) is 5.78. The van der Waals surface area contributed by atoms with E-state index >= 15 is 0 Å². The van der Waals surface area contributed by atoms with Crippen LogP contribution in [0.1, 0.15) is 52.9 Å². The first-order chi connectivity index (χ1) is 9.65. The van der Waals surface area contributed by atoms with Crippen LogP contribution in [0.2, 0.25) is 0 Å². The molecule has 0 aromatic carbocycles. The average molecular weight is 293 g/mol. The van der Waals surface area contributed by atoms with E-state index in [-0.39, 0.29) is 17.9 Å². The Bertz CT molecular complexity index is 537. The number of hydrogen-bond acceptors (Lipinski definition) is 3. The third-order valence-electron chi connectivity index (χ3n) is 4.42. The summed E-state index contributed by atoms with van der Waals surface area (Å²) in [4.78, 5) is 24.7. The predicted molar refractivity (Wildman–Crippen MR) is 77.2 cm³/mol. The van der Waals surface area contributed by atoms with E-state index in [1.165, 1.54) is 16.9 Å². The Morgan fingerprint density at radius 2 is 2.05 bits per heavy atom. The van der Waals surface area contributed by atoms with Gasteiger partial charge in [0.2, 0.25) is 0 Å². The smallest absolute Gasteiger partial charge is 0.306 e. The van der Waals surface area contributed by atoms with E-state index in [4.69, 9.17) is 5.11 Å². The zero-order valence-electron chi connectivity index (χ0n) is 11.4. The number of carboxylic acids is 1. The highest BCUT2D eigenvalue weighted by Crippen LogP contribution is 2.31. The van der Waals surface area contributed by atoms with Crippen molar-refractivity contribution in [1.82, 2.24) is 5.32 Å². The molecule has 2 unspecified atom stereocenters. The maximum Gasteiger partial charge on any atom is 0.306 e. The fraction of sp³-hybridized carbons (Fsp3) is 0.600.